The highest BCUT2D eigenvalue weighted by Crippen LogP contribution is 1.29. The number of hydrogen-bond acceptors (Lipinski definition) is 2. The molecule has 0 aromatic carbocycles. The summed E-state index contributed by atoms with van der Waals surface area (Å²) < 4.78 is 0. The second kappa shape index (κ2) is 25.8. The lowest BCUT2D eigenvalue weighted by Gasteiger charge is -1.42. The zero-order valence-corrected chi connectivity index (χ0v) is 4.23. The fourth-order valence-corrected chi connectivity index (χ4v) is 0. The Labute approximate surface area is 38.4 Å². The summed E-state index contributed by atoms with van der Waals surface area (Å²) >= 11 is 0. The average molecular weight is 86.1 g/mol. The lowest BCUT2D eigenvalue weighted by atomic mass is 11.1. The van der Waals surface area contributed by atoms with Crippen LogP contribution in [0.2, 0.25) is 0 Å². The van der Waals surface area contributed by atoms with E-state index in [-0.39, 0.29) is 0 Å². The minimum atomic E-state index is 1.50. The van der Waals surface area contributed by atoms with Crippen LogP contribution in [-0.2, 0) is 0 Å². The van der Waals surface area contributed by atoms with Gasteiger partial charge in [0.05, 0.1) is 0 Å². The van der Waals surface area contributed by atoms with E-state index in [1.54, 1.807) is 7.05 Å². The molecule has 0 unspecified atom stereocenters. The maximum absolute atomic E-state index is 4.50. The topological polar surface area (TPSA) is 38.4 Å². The first-order chi connectivity index (χ1) is 2.91. The van der Waals surface area contributed by atoms with E-state index in [1.165, 1.54) is 7.05 Å². The number of hydrogen-bond donors (Lipinski definition) is 1. The molecule has 2 N–H and O–H groups in total. The normalized spacial score (nSPS) is 3.83. The molecule has 0 rings (SSSR count). The molecule has 0 aromatic rings. The van der Waals surface area contributed by atoms with Crippen molar-refractivity contribution in [2.45, 2.75) is 0 Å². The second-order valence-corrected chi connectivity index (χ2v) is 0.382. The van der Waals surface area contributed by atoms with Crippen LogP contribution in [0, 0.1) is 0 Å². The number of rotatable bonds is 0. The summed E-state index contributed by atoms with van der Waals surface area (Å²) in [6.07, 6.45) is 0. The van der Waals surface area contributed by atoms with E-state index in [0.717, 1.165) is 0 Å². The molecule has 0 radical (unpaired) electrons. The van der Waals surface area contributed by atoms with Crippen LogP contribution in [0.25, 0.3) is 0 Å². The van der Waals surface area contributed by atoms with Crippen molar-refractivity contribution in [1.29, 1.82) is 0 Å². The van der Waals surface area contributed by atoms with Crippen LogP contribution in [0.1, 0.15) is 0 Å². The average Bonchev–Trinajstić information content (AvgIpc) is 1.72. The van der Waals surface area contributed by atoms with Crippen LogP contribution in [0.3, 0.4) is 0 Å². The lowest BCUT2D eigenvalue weighted by Crippen LogP contribution is -1.69. The van der Waals surface area contributed by atoms with Gasteiger partial charge in [-0.25, -0.2) is 4.99 Å². The van der Waals surface area contributed by atoms with Gasteiger partial charge in [0, 0.05) is 7.05 Å². The van der Waals surface area contributed by atoms with Gasteiger partial charge in [-0.1, -0.05) is 0 Å². The highest BCUT2D eigenvalue weighted by Gasteiger charge is 1.21. The number of nitrogens with two attached hydrogens (primary N) is 1. The third-order valence-corrected chi connectivity index (χ3v) is 0.158. The molecule has 0 heterocycles. The molecule has 0 aliphatic heterocycles. The van der Waals surface area contributed by atoms with Gasteiger partial charge in [-0.15, -0.1) is 0 Å². The SMILES string of the molecule is C=C=NC.CN. The zero-order valence-electron chi connectivity index (χ0n) is 4.23. The Bertz CT molecular complexity index is 43.5. The predicted octanol–water partition coefficient (Wildman–Crippen LogP) is 0.0468. The number of nitrogens with zero attached hydrogens (tertiary/aromatic N) is 1. The van der Waals surface area contributed by atoms with Gasteiger partial charge in [-0.05, 0) is 19.5 Å². The van der Waals surface area contributed by atoms with Gasteiger partial charge in [0.1, 0.15) is 0 Å². The molecule has 6 heavy (non-hydrogen) atoms. The van der Waals surface area contributed by atoms with Crippen molar-refractivity contribution in [1.82, 2.24) is 0 Å². The summed E-state index contributed by atoms with van der Waals surface area (Å²) in [6.45, 7) is 3.19. The Morgan fingerprint density at radius 2 is 1.83 bits per heavy atom. The molecule has 0 saturated heterocycles. The predicted molar refractivity (Wildman–Crippen MR) is 29.1 cm³/mol. The second-order valence-electron chi connectivity index (χ2n) is 0.382. The molecule has 0 bridgehead atoms. The van der Waals surface area contributed by atoms with Gasteiger partial charge in [0.2, 0.25) is 0 Å². The smallest absolute Gasteiger partial charge is 0.0371 e. The quantitative estimate of drug-likeness (QED) is 0.415. The molecule has 0 fully saturated rings. The molecule has 0 aliphatic carbocycles. The zero-order chi connectivity index (χ0) is 5.41. The summed E-state index contributed by atoms with van der Waals surface area (Å²) in [5.41, 5.74) is 4.50. The Morgan fingerprint density at radius 1 is 1.67 bits per heavy atom. The van der Waals surface area contributed by atoms with Gasteiger partial charge < -0.3 is 5.73 Å². The van der Waals surface area contributed by atoms with Gasteiger partial charge >= 0.3 is 0 Å². The molecular formula is C4H10N2. The monoisotopic (exact) mass is 86.1 g/mol. The summed E-state index contributed by atoms with van der Waals surface area (Å²) in [6, 6.07) is 0. The first-order valence-electron chi connectivity index (χ1n) is 1.60. The Balaban J connectivity index is 0. The van der Waals surface area contributed by atoms with Crippen molar-refractivity contribution in [3.63, 3.8) is 0 Å². The molecule has 0 spiro atoms. The van der Waals surface area contributed by atoms with Crippen LogP contribution in [0.15, 0.2) is 11.6 Å². The van der Waals surface area contributed by atoms with Crippen molar-refractivity contribution < 1.29 is 0 Å². The summed E-state index contributed by atoms with van der Waals surface area (Å²) in [5, 5.41) is 0. The molecule has 0 saturated carbocycles. The van der Waals surface area contributed by atoms with Gasteiger partial charge in [-0.2, -0.15) is 0 Å². The van der Waals surface area contributed by atoms with Gasteiger partial charge in [0.15, 0.2) is 0 Å². The molecular weight excluding hydrogens is 76.1 g/mol. The highest BCUT2D eigenvalue weighted by molar-refractivity contribution is 5.45. The third kappa shape index (κ3) is 118. The first-order valence-corrected chi connectivity index (χ1v) is 1.60. The maximum atomic E-state index is 4.50. The number of aliphatic imine (C=N–C) groups is 1. The summed E-state index contributed by atoms with van der Waals surface area (Å²) in [7, 11) is 3.13. The van der Waals surface area contributed by atoms with Gasteiger partial charge in [0.25, 0.3) is 0 Å². The largest absolute Gasteiger partial charge is 0.333 e. The summed E-state index contributed by atoms with van der Waals surface area (Å²) in [5.74, 6) is 2.31. The van der Waals surface area contributed by atoms with Crippen LogP contribution in [-0.4, -0.2) is 20.0 Å². The van der Waals surface area contributed by atoms with E-state index >= 15 is 0 Å². The summed E-state index contributed by atoms with van der Waals surface area (Å²) in [4.78, 5) is 3.38. The van der Waals surface area contributed by atoms with Crippen LogP contribution in [0.4, 0.5) is 0 Å². The van der Waals surface area contributed by atoms with Crippen LogP contribution >= 0.6 is 0 Å². The van der Waals surface area contributed by atoms with Crippen LogP contribution in [0.5, 0.6) is 0 Å². The van der Waals surface area contributed by atoms with E-state index in [9.17, 15) is 0 Å². The van der Waals surface area contributed by atoms with Crippen molar-refractivity contribution in [2.75, 3.05) is 14.1 Å². The van der Waals surface area contributed by atoms with Crippen LogP contribution < -0.4 is 5.73 Å². The van der Waals surface area contributed by atoms with Crippen molar-refractivity contribution in [3.8, 4) is 0 Å². The van der Waals surface area contributed by atoms with E-state index in [1.807, 2.05) is 0 Å². The van der Waals surface area contributed by atoms with E-state index < -0.39 is 0 Å². The molecule has 0 aromatic heterocycles. The van der Waals surface area contributed by atoms with Crippen molar-refractivity contribution in [2.24, 2.45) is 10.7 Å². The standard InChI is InChI=1S/C3H5N.CH5N/c1-3-4-2;1-2/h1H2,2H3;2H2,1H3. The Hall–Kier alpha value is -0.590. The molecule has 2 nitrogen and oxygen atoms in total. The molecule has 0 atom stereocenters. The minimum Gasteiger partial charge on any atom is -0.333 e. The van der Waals surface area contributed by atoms with E-state index in [4.69, 9.17) is 0 Å². The van der Waals surface area contributed by atoms with E-state index in [0.29, 0.717) is 0 Å². The lowest BCUT2D eigenvalue weighted by molar-refractivity contribution is 1.48. The van der Waals surface area contributed by atoms with Crippen molar-refractivity contribution >= 4 is 5.87 Å². The molecule has 0 aliphatic rings. The molecule has 2 heteroatoms. The molecule has 0 amide bonds. The Morgan fingerprint density at radius 3 is 1.83 bits per heavy atom. The highest BCUT2D eigenvalue weighted by atomic mass is 14.6. The fourth-order valence-electron chi connectivity index (χ4n) is 0. The van der Waals surface area contributed by atoms with Crippen molar-refractivity contribution in [3.05, 3.63) is 6.58 Å². The minimum absolute atomic E-state index is 1.50. The van der Waals surface area contributed by atoms with E-state index in [2.05, 4.69) is 23.2 Å². The maximum Gasteiger partial charge on any atom is 0.0371 e. The fraction of sp³-hybridized carbons (Fsp3) is 0.500. The first kappa shape index (κ1) is 9.05. The van der Waals surface area contributed by atoms with Gasteiger partial charge in [-0.3, -0.25) is 0 Å². The molecule has 36 valence electrons. The Kier molecular flexibility index (Phi) is 38.9. The third-order valence-electron chi connectivity index (χ3n) is 0.158.